The van der Waals surface area contributed by atoms with Crippen molar-refractivity contribution in [2.24, 2.45) is 5.73 Å². The molecule has 0 saturated carbocycles. The van der Waals surface area contributed by atoms with Crippen LogP contribution in [-0.2, 0) is 0 Å². The Morgan fingerprint density at radius 3 is 2.92 bits per heavy atom. The Balaban J connectivity index is 2.84. The molecular weight excluding hydrogens is 188 g/mol. The normalized spacial score (nSPS) is 10.1. The second-order valence-electron chi connectivity index (χ2n) is 2.56. The number of rotatable bonds is 4. The van der Waals surface area contributed by atoms with Gasteiger partial charge in [-0.05, 0) is 6.92 Å². The standard InChI is InChI=1S/C8H13ClN4/c1-2-13(4-3-10)8-7(9)5-11-6-12-8/h5-6H,2-4,10H2,1H3. The molecule has 0 unspecified atom stereocenters. The van der Waals surface area contributed by atoms with E-state index in [2.05, 4.69) is 9.97 Å². The average molecular weight is 201 g/mol. The minimum absolute atomic E-state index is 0.567. The number of likely N-dealkylation sites (N-methyl/N-ethyl adjacent to an activating group) is 1. The minimum Gasteiger partial charge on any atom is -0.354 e. The van der Waals surface area contributed by atoms with E-state index in [-0.39, 0.29) is 0 Å². The largest absolute Gasteiger partial charge is 0.354 e. The van der Waals surface area contributed by atoms with Gasteiger partial charge in [-0.1, -0.05) is 11.6 Å². The van der Waals surface area contributed by atoms with Crippen LogP contribution in [0.5, 0.6) is 0 Å². The Kier molecular flexibility index (Phi) is 3.92. The van der Waals surface area contributed by atoms with Gasteiger partial charge in [-0.25, -0.2) is 9.97 Å². The first-order valence-electron chi connectivity index (χ1n) is 4.20. The van der Waals surface area contributed by atoms with Crippen molar-refractivity contribution in [1.29, 1.82) is 0 Å². The number of hydrogen-bond acceptors (Lipinski definition) is 4. The molecule has 4 nitrogen and oxygen atoms in total. The molecule has 0 aliphatic rings. The van der Waals surface area contributed by atoms with Crippen LogP contribution in [0.4, 0.5) is 5.82 Å². The second-order valence-corrected chi connectivity index (χ2v) is 2.97. The lowest BCUT2D eigenvalue weighted by molar-refractivity contribution is 0.799. The Morgan fingerprint density at radius 1 is 1.62 bits per heavy atom. The van der Waals surface area contributed by atoms with Gasteiger partial charge < -0.3 is 10.6 Å². The molecule has 0 amide bonds. The number of halogens is 1. The Labute approximate surface area is 82.7 Å². The van der Waals surface area contributed by atoms with E-state index in [1.54, 1.807) is 6.20 Å². The molecule has 1 aromatic heterocycles. The average Bonchev–Trinajstić information content (AvgIpc) is 2.16. The van der Waals surface area contributed by atoms with Crippen molar-refractivity contribution < 1.29 is 0 Å². The molecule has 1 rings (SSSR count). The summed E-state index contributed by atoms with van der Waals surface area (Å²) in [6, 6.07) is 0. The first-order valence-corrected chi connectivity index (χ1v) is 4.58. The maximum Gasteiger partial charge on any atom is 0.150 e. The highest BCUT2D eigenvalue weighted by molar-refractivity contribution is 6.32. The van der Waals surface area contributed by atoms with Crippen molar-refractivity contribution in [2.45, 2.75) is 6.92 Å². The van der Waals surface area contributed by atoms with Crippen molar-refractivity contribution in [3.63, 3.8) is 0 Å². The van der Waals surface area contributed by atoms with Crippen molar-refractivity contribution in [1.82, 2.24) is 9.97 Å². The first-order chi connectivity index (χ1) is 6.29. The topological polar surface area (TPSA) is 55.0 Å². The van der Waals surface area contributed by atoms with Crippen LogP contribution in [0.25, 0.3) is 0 Å². The van der Waals surface area contributed by atoms with Crippen LogP contribution in [-0.4, -0.2) is 29.6 Å². The lowest BCUT2D eigenvalue weighted by Gasteiger charge is -2.21. The van der Waals surface area contributed by atoms with Crippen LogP contribution in [0, 0.1) is 0 Å². The van der Waals surface area contributed by atoms with Crippen molar-refractivity contribution in [2.75, 3.05) is 24.5 Å². The zero-order valence-electron chi connectivity index (χ0n) is 7.57. The van der Waals surface area contributed by atoms with Crippen LogP contribution in [0.3, 0.4) is 0 Å². The summed E-state index contributed by atoms with van der Waals surface area (Å²) in [4.78, 5) is 9.93. The van der Waals surface area contributed by atoms with Gasteiger partial charge in [0.2, 0.25) is 0 Å². The van der Waals surface area contributed by atoms with E-state index in [1.807, 2.05) is 11.8 Å². The van der Waals surface area contributed by atoms with Crippen LogP contribution < -0.4 is 10.6 Å². The number of hydrogen-bond donors (Lipinski definition) is 1. The molecular formula is C8H13ClN4. The van der Waals surface area contributed by atoms with Crippen LogP contribution >= 0.6 is 11.6 Å². The monoisotopic (exact) mass is 200 g/mol. The Hall–Kier alpha value is -0.870. The van der Waals surface area contributed by atoms with E-state index in [0.717, 1.165) is 18.9 Å². The second kappa shape index (κ2) is 4.99. The number of nitrogens with zero attached hydrogens (tertiary/aromatic N) is 3. The van der Waals surface area contributed by atoms with Gasteiger partial charge in [0.1, 0.15) is 11.3 Å². The van der Waals surface area contributed by atoms with E-state index in [4.69, 9.17) is 17.3 Å². The third-order valence-corrected chi connectivity index (χ3v) is 2.00. The third kappa shape index (κ3) is 2.54. The molecule has 13 heavy (non-hydrogen) atoms. The molecule has 0 spiro atoms. The summed E-state index contributed by atoms with van der Waals surface area (Å²) in [5.41, 5.74) is 5.46. The fourth-order valence-electron chi connectivity index (χ4n) is 1.11. The van der Waals surface area contributed by atoms with E-state index >= 15 is 0 Å². The van der Waals surface area contributed by atoms with Crippen molar-refractivity contribution in [3.8, 4) is 0 Å². The van der Waals surface area contributed by atoms with Gasteiger partial charge in [0, 0.05) is 19.6 Å². The molecule has 1 aromatic rings. The molecule has 0 saturated heterocycles. The summed E-state index contributed by atoms with van der Waals surface area (Å²) in [6.45, 7) is 4.23. The smallest absolute Gasteiger partial charge is 0.150 e. The molecule has 0 radical (unpaired) electrons. The molecule has 2 N–H and O–H groups in total. The van der Waals surface area contributed by atoms with Gasteiger partial charge in [-0.3, -0.25) is 0 Å². The zero-order valence-corrected chi connectivity index (χ0v) is 8.33. The maximum absolute atomic E-state index is 5.93. The lowest BCUT2D eigenvalue weighted by Crippen LogP contribution is -2.30. The molecule has 0 aliphatic heterocycles. The predicted octanol–water partition coefficient (Wildman–Crippen LogP) is 0.915. The Morgan fingerprint density at radius 2 is 2.38 bits per heavy atom. The molecule has 0 aliphatic carbocycles. The predicted molar refractivity (Wildman–Crippen MR) is 54.0 cm³/mol. The van der Waals surface area contributed by atoms with Crippen molar-refractivity contribution >= 4 is 17.4 Å². The molecule has 0 bridgehead atoms. The third-order valence-electron chi connectivity index (χ3n) is 1.73. The van der Waals surface area contributed by atoms with E-state index in [1.165, 1.54) is 6.33 Å². The van der Waals surface area contributed by atoms with Gasteiger partial charge in [0.15, 0.2) is 5.82 Å². The van der Waals surface area contributed by atoms with Gasteiger partial charge in [0.05, 0.1) is 6.20 Å². The van der Waals surface area contributed by atoms with Crippen molar-refractivity contribution in [3.05, 3.63) is 17.5 Å². The first kappa shape index (κ1) is 10.2. The molecule has 72 valence electrons. The lowest BCUT2D eigenvalue weighted by atomic mass is 10.4. The highest BCUT2D eigenvalue weighted by Crippen LogP contribution is 2.20. The summed E-state index contributed by atoms with van der Waals surface area (Å²) in [5, 5.41) is 0.567. The number of aromatic nitrogens is 2. The molecule has 5 heteroatoms. The number of anilines is 1. The maximum atomic E-state index is 5.93. The van der Waals surface area contributed by atoms with E-state index in [9.17, 15) is 0 Å². The quantitative estimate of drug-likeness (QED) is 0.785. The SMILES string of the molecule is CCN(CCN)c1ncncc1Cl. The zero-order chi connectivity index (χ0) is 9.68. The van der Waals surface area contributed by atoms with E-state index < -0.39 is 0 Å². The van der Waals surface area contributed by atoms with Gasteiger partial charge >= 0.3 is 0 Å². The highest BCUT2D eigenvalue weighted by Gasteiger charge is 2.08. The minimum atomic E-state index is 0.567. The number of nitrogens with two attached hydrogens (primary N) is 1. The van der Waals surface area contributed by atoms with Gasteiger partial charge in [-0.2, -0.15) is 0 Å². The summed E-state index contributed by atoms with van der Waals surface area (Å²) >= 11 is 5.93. The highest BCUT2D eigenvalue weighted by atomic mass is 35.5. The summed E-state index contributed by atoms with van der Waals surface area (Å²) in [6.07, 6.45) is 3.07. The van der Waals surface area contributed by atoms with E-state index in [0.29, 0.717) is 11.6 Å². The van der Waals surface area contributed by atoms with Gasteiger partial charge in [0.25, 0.3) is 0 Å². The van der Waals surface area contributed by atoms with Crippen LogP contribution in [0.2, 0.25) is 5.02 Å². The molecule has 0 fully saturated rings. The summed E-state index contributed by atoms with van der Waals surface area (Å²) in [7, 11) is 0. The molecule has 1 heterocycles. The fraction of sp³-hybridized carbons (Fsp3) is 0.500. The molecule has 0 atom stereocenters. The van der Waals surface area contributed by atoms with Crippen LogP contribution in [0.1, 0.15) is 6.92 Å². The molecule has 0 aromatic carbocycles. The van der Waals surface area contributed by atoms with Crippen LogP contribution in [0.15, 0.2) is 12.5 Å². The van der Waals surface area contributed by atoms with Gasteiger partial charge in [-0.15, -0.1) is 0 Å². The summed E-state index contributed by atoms with van der Waals surface area (Å²) in [5.74, 6) is 0.754. The summed E-state index contributed by atoms with van der Waals surface area (Å²) < 4.78 is 0. The Bertz CT molecular complexity index is 266. The fourth-order valence-corrected chi connectivity index (χ4v) is 1.33.